The number of benzene rings is 2. The van der Waals surface area contributed by atoms with Gasteiger partial charge in [0.25, 0.3) is 0 Å². The smallest absolute Gasteiger partial charge is 0.340 e. The van der Waals surface area contributed by atoms with E-state index < -0.39 is 18.0 Å². The summed E-state index contributed by atoms with van der Waals surface area (Å²) in [5, 5.41) is 12.5. The van der Waals surface area contributed by atoms with Crippen molar-refractivity contribution in [3.63, 3.8) is 0 Å². The van der Waals surface area contributed by atoms with E-state index in [1.807, 2.05) is 24.3 Å². The Morgan fingerprint density at radius 1 is 1.00 bits per heavy atom. The number of carbonyl (C=O) groups excluding carboxylic acids is 1. The van der Waals surface area contributed by atoms with Gasteiger partial charge in [-0.1, -0.05) is 6.07 Å². The van der Waals surface area contributed by atoms with E-state index >= 15 is 0 Å². The highest BCUT2D eigenvalue weighted by atomic mass is 16.5. The maximum Gasteiger partial charge on any atom is 0.340 e. The largest absolute Gasteiger partial charge is 0.550 e. The Balaban J connectivity index is 2.01. The summed E-state index contributed by atoms with van der Waals surface area (Å²) < 4.78 is 22.0. The minimum atomic E-state index is -1.34. The fourth-order valence-electron chi connectivity index (χ4n) is 3.77. The highest BCUT2D eigenvalue weighted by Crippen LogP contribution is 2.39. The molecule has 7 heteroatoms. The number of rotatable bonds is 5. The fraction of sp³-hybridized carbons (Fsp3) is 0.217. The molecule has 30 heavy (non-hydrogen) atoms. The summed E-state index contributed by atoms with van der Waals surface area (Å²) in [7, 11) is 3.14. The molecule has 0 aliphatic carbocycles. The lowest BCUT2D eigenvalue weighted by Crippen LogP contribution is -2.27. The topological polar surface area (TPSA) is 102 Å². The Kier molecular flexibility index (Phi) is 4.73. The van der Waals surface area contributed by atoms with Crippen LogP contribution in [-0.4, -0.2) is 20.2 Å². The van der Waals surface area contributed by atoms with Gasteiger partial charge in [-0.05, 0) is 43.2 Å². The number of aryl methyl sites for hydroxylation is 2. The quantitative estimate of drug-likeness (QED) is 0.468. The van der Waals surface area contributed by atoms with Crippen LogP contribution >= 0.6 is 0 Å². The summed E-state index contributed by atoms with van der Waals surface area (Å²) in [5.74, 6) is -0.141. The first-order chi connectivity index (χ1) is 14.3. The standard InChI is InChI=1S/C23H20O7/c1-11-14-8-16-17(13-5-6-18(27-3)19(7-13)28-4)10-29-21(16)12(2)22(14)30-23(26)15(11)9-20(24)25/h5-8,10H,9H2,1-4H3,(H,24,25)/p-1. The fourth-order valence-corrected chi connectivity index (χ4v) is 3.77. The van der Waals surface area contributed by atoms with E-state index in [2.05, 4.69) is 0 Å². The van der Waals surface area contributed by atoms with Gasteiger partial charge in [0.05, 0.1) is 20.5 Å². The van der Waals surface area contributed by atoms with Crippen LogP contribution in [0.2, 0.25) is 0 Å². The Hall–Kier alpha value is -3.74. The number of fused-ring (bicyclic) bond motifs is 2. The highest BCUT2D eigenvalue weighted by Gasteiger charge is 2.19. The van der Waals surface area contributed by atoms with Crippen LogP contribution in [0.15, 0.2) is 44.2 Å². The lowest BCUT2D eigenvalue weighted by molar-refractivity contribution is -0.304. The van der Waals surface area contributed by atoms with E-state index in [9.17, 15) is 14.7 Å². The number of furan rings is 1. The Morgan fingerprint density at radius 3 is 2.40 bits per heavy atom. The van der Waals surface area contributed by atoms with E-state index in [0.717, 1.165) is 16.5 Å². The molecular weight excluding hydrogens is 388 g/mol. The summed E-state index contributed by atoms with van der Waals surface area (Å²) in [4.78, 5) is 23.4. The van der Waals surface area contributed by atoms with Gasteiger partial charge in [-0.25, -0.2) is 4.79 Å². The molecule has 154 valence electrons. The summed E-state index contributed by atoms with van der Waals surface area (Å²) in [6.45, 7) is 3.51. The van der Waals surface area contributed by atoms with E-state index in [1.54, 1.807) is 34.3 Å². The molecule has 0 saturated heterocycles. The number of carbonyl (C=O) groups is 1. The van der Waals surface area contributed by atoms with Gasteiger partial charge < -0.3 is 28.2 Å². The number of ether oxygens (including phenoxy) is 2. The molecule has 2 heterocycles. The second-order valence-corrected chi connectivity index (χ2v) is 7.02. The Morgan fingerprint density at radius 2 is 1.73 bits per heavy atom. The average molecular weight is 407 g/mol. The molecular formula is C23H19O7-. The predicted molar refractivity (Wildman–Crippen MR) is 109 cm³/mol. The maximum absolute atomic E-state index is 12.3. The zero-order chi connectivity index (χ0) is 21.6. The van der Waals surface area contributed by atoms with Gasteiger partial charge in [0.1, 0.15) is 11.2 Å². The summed E-state index contributed by atoms with van der Waals surface area (Å²) in [5.41, 5.74) is 3.25. The second-order valence-electron chi connectivity index (χ2n) is 7.02. The van der Waals surface area contributed by atoms with Crippen LogP contribution in [0.1, 0.15) is 16.7 Å². The summed E-state index contributed by atoms with van der Waals surface area (Å²) in [6.07, 6.45) is 1.13. The molecule has 4 aromatic rings. The van der Waals surface area contributed by atoms with Gasteiger partial charge in [0.15, 0.2) is 11.5 Å². The summed E-state index contributed by atoms with van der Waals surface area (Å²) >= 11 is 0. The zero-order valence-electron chi connectivity index (χ0n) is 17.0. The SMILES string of the molecule is COc1ccc(-c2coc3c(C)c4oc(=O)c(CC(=O)[O-])c(C)c4cc23)cc1OC. The van der Waals surface area contributed by atoms with E-state index in [1.165, 1.54) is 0 Å². The van der Waals surface area contributed by atoms with Gasteiger partial charge in [0.2, 0.25) is 0 Å². The minimum absolute atomic E-state index is 0.0809. The van der Waals surface area contributed by atoms with Gasteiger partial charge in [-0.15, -0.1) is 0 Å². The van der Waals surface area contributed by atoms with Crippen molar-refractivity contribution < 1.29 is 28.2 Å². The van der Waals surface area contributed by atoms with Gasteiger partial charge >= 0.3 is 5.63 Å². The molecule has 0 aliphatic heterocycles. The first kappa shape index (κ1) is 19.6. The van der Waals surface area contributed by atoms with Gasteiger partial charge in [-0.3, -0.25) is 0 Å². The Bertz CT molecular complexity index is 1360. The van der Waals surface area contributed by atoms with Crippen molar-refractivity contribution in [3.8, 4) is 22.6 Å². The van der Waals surface area contributed by atoms with Crippen molar-refractivity contribution in [1.82, 2.24) is 0 Å². The lowest BCUT2D eigenvalue weighted by atomic mass is 9.97. The predicted octanol–water partition coefficient (Wildman–Crippen LogP) is 3.13. The third-order valence-electron chi connectivity index (χ3n) is 5.36. The molecule has 2 aromatic carbocycles. The summed E-state index contributed by atoms with van der Waals surface area (Å²) in [6, 6.07) is 7.40. The number of hydrogen-bond donors (Lipinski definition) is 0. The van der Waals surface area contributed by atoms with E-state index in [0.29, 0.717) is 39.2 Å². The third-order valence-corrected chi connectivity index (χ3v) is 5.36. The number of carboxylic acid groups (broad SMARTS) is 1. The number of aliphatic carboxylic acids is 1. The molecule has 0 fully saturated rings. The first-order valence-electron chi connectivity index (χ1n) is 9.25. The Labute approximate surface area is 171 Å². The first-order valence-corrected chi connectivity index (χ1v) is 9.25. The molecule has 2 aromatic heterocycles. The maximum atomic E-state index is 12.3. The third kappa shape index (κ3) is 2.99. The number of hydrogen-bond acceptors (Lipinski definition) is 7. The molecule has 0 amide bonds. The van der Waals surface area contributed by atoms with Gasteiger partial charge in [-0.2, -0.15) is 0 Å². The van der Waals surface area contributed by atoms with Crippen LogP contribution < -0.4 is 20.2 Å². The highest BCUT2D eigenvalue weighted by molar-refractivity contribution is 6.05. The van der Waals surface area contributed by atoms with Gasteiger partial charge in [0, 0.05) is 39.9 Å². The van der Waals surface area contributed by atoms with Crippen LogP contribution in [-0.2, 0) is 11.2 Å². The number of carboxylic acids is 1. The monoisotopic (exact) mass is 407 g/mol. The van der Waals surface area contributed by atoms with Crippen molar-refractivity contribution in [1.29, 1.82) is 0 Å². The minimum Gasteiger partial charge on any atom is -0.550 e. The second kappa shape index (κ2) is 7.26. The molecule has 0 radical (unpaired) electrons. The van der Waals surface area contributed by atoms with Crippen molar-refractivity contribution >= 4 is 27.9 Å². The molecule has 0 aliphatic rings. The van der Waals surface area contributed by atoms with E-state index in [-0.39, 0.29) is 5.56 Å². The molecule has 4 rings (SSSR count). The van der Waals surface area contributed by atoms with Crippen LogP contribution in [0.25, 0.3) is 33.1 Å². The van der Waals surface area contributed by atoms with Crippen molar-refractivity contribution in [2.45, 2.75) is 20.3 Å². The van der Waals surface area contributed by atoms with Crippen molar-refractivity contribution in [2.75, 3.05) is 14.2 Å². The zero-order valence-corrected chi connectivity index (χ0v) is 17.0. The normalized spacial score (nSPS) is 11.2. The van der Waals surface area contributed by atoms with Crippen LogP contribution in [0.5, 0.6) is 11.5 Å². The van der Waals surface area contributed by atoms with Crippen molar-refractivity contribution in [2.24, 2.45) is 0 Å². The van der Waals surface area contributed by atoms with Crippen LogP contribution in [0, 0.1) is 13.8 Å². The van der Waals surface area contributed by atoms with Crippen LogP contribution in [0.4, 0.5) is 0 Å². The molecule has 0 N–H and O–H groups in total. The molecule has 0 saturated carbocycles. The molecule has 7 nitrogen and oxygen atoms in total. The average Bonchev–Trinajstić information content (AvgIpc) is 3.15. The lowest BCUT2D eigenvalue weighted by Gasteiger charge is -2.11. The number of methoxy groups -OCH3 is 2. The van der Waals surface area contributed by atoms with Crippen molar-refractivity contribution in [3.05, 3.63) is 57.6 Å². The molecule has 0 atom stereocenters. The molecule has 0 unspecified atom stereocenters. The van der Waals surface area contributed by atoms with Crippen LogP contribution in [0.3, 0.4) is 0 Å². The molecule has 0 spiro atoms. The van der Waals surface area contributed by atoms with E-state index in [4.69, 9.17) is 18.3 Å². The molecule has 0 bridgehead atoms.